The third-order valence-corrected chi connectivity index (χ3v) is 2.78. The van der Waals surface area contributed by atoms with E-state index in [0.29, 0.717) is 6.61 Å². The molecule has 1 aliphatic rings. The quantitative estimate of drug-likeness (QED) is 0.694. The summed E-state index contributed by atoms with van der Waals surface area (Å²) in [5.74, 6) is 0.889. The molecule has 13 heavy (non-hydrogen) atoms. The molecule has 0 radical (unpaired) electrons. The Hall–Kier alpha value is -0.730. The predicted octanol–water partition coefficient (Wildman–Crippen LogP) is 2.43. The molecule has 1 heterocycles. The van der Waals surface area contributed by atoms with Crippen molar-refractivity contribution in [2.75, 3.05) is 6.61 Å². The highest BCUT2D eigenvalue weighted by Crippen LogP contribution is 2.34. The van der Waals surface area contributed by atoms with E-state index in [2.05, 4.69) is 0 Å². The van der Waals surface area contributed by atoms with Gasteiger partial charge in [0, 0.05) is 23.0 Å². The summed E-state index contributed by atoms with van der Waals surface area (Å²) in [4.78, 5) is 0. The minimum atomic E-state index is 0.0712. The van der Waals surface area contributed by atoms with Gasteiger partial charge in [-0.25, -0.2) is 0 Å². The van der Waals surface area contributed by atoms with Crippen LogP contribution in [-0.4, -0.2) is 6.61 Å². The number of rotatable bonds is 0. The Morgan fingerprint density at radius 1 is 1.54 bits per heavy atom. The summed E-state index contributed by atoms with van der Waals surface area (Å²) < 4.78 is 5.49. The van der Waals surface area contributed by atoms with Gasteiger partial charge in [0.05, 0.1) is 6.61 Å². The van der Waals surface area contributed by atoms with E-state index >= 15 is 0 Å². The van der Waals surface area contributed by atoms with Crippen LogP contribution >= 0.6 is 11.6 Å². The molecule has 1 aliphatic heterocycles. The van der Waals surface area contributed by atoms with Crippen molar-refractivity contribution in [2.24, 2.45) is 5.73 Å². The number of benzene rings is 1. The maximum Gasteiger partial charge on any atom is 0.124 e. The van der Waals surface area contributed by atoms with Gasteiger partial charge in [0.1, 0.15) is 5.75 Å². The van der Waals surface area contributed by atoms with Gasteiger partial charge in [0.15, 0.2) is 0 Å². The Labute approximate surface area is 82.6 Å². The Bertz CT molecular complexity index is 338. The first kappa shape index (κ1) is 8.85. The number of aryl methyl sites for hydroxylation is 1. The molecule has 0 amide bonds. The zero-order valence-corrected chi connectivity index (χ0v) is 8.27. The predicted molar refractivity (Wildman–Crippen MR) is 53.2 cm³/mol. The van der Waals surface area contributed by atoms with Gasteiger partial charge in [-0.2, -0.15) is 0 Å². The lowest BCUT2D eigenvalue weighted by Gasteiger charge is -2.23. The van der Waals surface area contributed by atoms with E-state index in [4.69, 9.17) is 22.1 Å². The molecule has 1 aromatic rings. The number of hydrogen-bond acceptors (Lipinski definition) is 2. The molecule has 2 N–H and O–H groups in total. The molecule has 1 unspecified atom stereocenters. The molecule has 1 aromatic carbocycles. The van der Waals surface area contributed by atoms with Gasteiger partial charge in [0.25, 0.3) is 0 Å². The summed E-state index contributed by atoms with van der Waals surface area (Å²) >= 11 is 6.00. The molecule has 0 aromatic heterocycles. The van der Waals surface area contributed by atoms with Gasteiger partial charge in [-0.15, -0.1) is 0 Å². The number of ether oxygens (including phenoxy) is 1. The fraction of sp³-hybridized carbons (Fsp3) is 0.400. The first-order chi connectivity index (χ1) is 6.18. The van der Waals surface area contributed by atoms with Crippen LogP contribution in [-0.2, 0) is 0 Å². The van der Waals surface area contributed by atoms with E-state index in [1.54, 1.807) is 0 Å². The van der Waals surface area contributed by atoms with E-state index in [1.165, 1.54) is 0 Å². The van der Waals surface area contributed by atoms with Crippen LogP contribution in [0.25, 0.3) is 0 Å². The standard InChI is InChI=1S/C10H12ClNO/c1-6-4-10-7(5-8(6)11)9(12)2-3-13-10/h4-5,9H,2-3,12H2,1H3. The highest BCUT2D eigenvalue weighted by atomic mass is 35.5. The van der Waals surface area contributed by atoms with Crippen LogP contribution in [0.5, 0.6) is 5.75 Å². The number of nitrogens with two attached hydrogens (primary N) is 1. The lowest BCUT2D eigenvalue weighted by molar-refractivity contribution is 0.269. The molecule has 0 bridgehead atoms. The van der Waals surface area contributed by atoms with Gasteiger partial charge in [-0.3, -0.25) is 0 Å². The third kappa shape index (κ3) is 1.52. The van der Waals surface area contributed by atoms with Gasteiger partial charge >= 0.3 is 0 Å². The molecule has 0 saturated heterocycles. The van der Waals surface area contributed by atoms with Crippen molar-refractivity contribution in [1.29, 1.82) is 0 Å². The molecule has 3 heteroatoms. The van der Waals surface area contributed by atoms with Crippen LogP contribution in [0.4, 0.5) is 0 Å². The average Bonchev–Trinajstić information content (AvgIpc) is 2.09. The first-order valence-corrected chi connectivity index (χ1v) is 4.74. The molecule has 0 fully saturated rings. The van der Waals surface area contributed by atoms with Gasteiger partial charge in [-0.05, 0) is 24.6 Å². The normalized spacial score (nSPS) is 20.7. The van der Waals surface area contributed by atoms with E-state index in [-0.39, 0.29) is 6.04 Å². The Balaban J connectivity index is 2.52. The van der Waals surface area contributed by atoms with E-state index in [1.807, 2.05) is 19.1 Å². The van der Waals surface area contributed by atoms with Crippen LogP contribution in [0.2, 0.25) is 5.02 Å². The van der Waals surface area contributed by atoms with Crippen LogP contribution in [0.3, 0.4) is 0 Å². The van der Waals surface area contributed by atoms with Crippen molar-refractivity contribution in [1.82, 2.24) is 0 Å². The molecule has 1 atom stereocenters. The summed E-state index contributed by atoms with van der Waals surface area (Å²) in [5, 5.41) is 0.764. The van der Waals surface area contributed by atoms with E-state index in [0.717, 1.165) is 28.3 Å². The lowest BCUT2D eigenvalue weighted by atomic mass is 10.00. The van der Waals surface area contributed by atoms with Gasteiger partial charge in [-0.1, -0.05) is 11.6 Å². The number of fused-ring (bicyclic) bond motifs is 1. The Morgan fingerprint density at radius 3 is 3.08 bits per heavy atom. The van der Waals surface area contributed by atoms with Gasteiger partial charge < -0.3 is 10.5 Å². The van der Waals surface area contributed by atoms with Crippen LogP contribution < -0.4 is 10.5 Å². The van der Waals surface area contributed by atoms with E-state index < -0.39 is 0 Å². The Kier molecular flexibility index (Phi) is 2.18. The summed E-state index contributed by atoms with van der Waals surface area (Å²) in [7, 11) is 0. The van der Waals surface area contributed by atoms with Crippen LogP contribution in [0.1, 0.15) is 23.6 Å². The largest absolute Gasteiger partial charge is 0.493 e. The molecule has 2 nitrogen and oxygen atoms in total. The van der Waals surface area contributed by atoms with Crippen molar-refractivity contribution in [2.45, 2.75) is 19.4 Å². The second-order valence-electron chi connectivity index (χ2n) is 3.38. The van der Waals surface area contributed by atoms with Crippen LogP contribution in [0, 0.1) is 6.92 Å². The van der Waals surface area contributed by atoms with E-state index in [9.17, 15) is 0 Å². The molecule has 70 valence electrons. The smallest absolute Gasteiger partial charge is 0.124 e. The van der Waals surface area contributed by atoms with Crippen molar-refractivity contribution >= 4 is 11.6 Å². The molecule has 2 rings (SSSR count). The highest BCUT2D eigenvalue weighted by Gasteiger charge is 2.18. The summed E-state index contributed by atoms with van der Waals surface area (Å²) in [6.45, 7) is 2.67. The zero-order valence-electron chi connectivity index (χ0n) is 7.51. The van der Waals surface area contributed by atoms with Crippen LogP contribution in [0.15, 0.2) is 12.1 Å². The highest BCUT2D eigenvalue weighted by molar-refractivity contribution is 6.31. The molecule has 0 aliphatic carbocycles. The lowest BCUT2D eigenvalue weighted by Crippen LogP contribution is -2.20. The molecule has 0 saturated carbocycles. The Morgan fingerprint density at radius 2 is 2.31 bits per heavy atom. The number of halogens is 1. The SMILES string of the molecule is Cc1cc2c(cc1Cl)C(N)CCO2. The fourth-order valence-corrected chi connectivity index (χ4v) is 1.71. The fourth-order valence-electron chi connectivity index (χ4n) is 1.54. The molecular weight excluding hydrogens is 186 g/mol. The first-order valence-electron chi connectivity index (χ1n) is 4.37. The molecule has 0 spiro atoms. The average molecular weight is 198 g/mol. The summed E-state index contributed by atoms with van der Waals surface area (Å²) in [5.41, 5.74) is 7.99. The second kappa shape index (κ2) is 3.20. The topological polar surface area (TPSA) is 35.2 Å². The third-order valence-electron chi connectivity index (χ3n) is 2.38. The zero-order chi connectivity index (χ0) is 9.42. The maximum atomic E-state index is 6.00. The van der Waals surface area contributed by atoms with Gasteiger partial charge in [0.2, 0.25) is 0 Å². The van der Waals surface area contributed by atoms with Crippen molar-refractivity contribution in [3.8, 4) is 5.75 Å². The van der Waals surface area contributed by atoms with Crippen molar-refractivity contribution in [3.05, 3.63) is 28.3 Å². The monoisotopic (exact) mass is 197 g/mol. The van der Waals surface area contributed by atoms with Crippen molar-refractivity contribution < 1.29 is 4.74 Å². The number of hydrogen-bond donors (Lipinski definition) is 1. The summed E-state index contributed by atoms with van der Waals surface area (Å²) in [6.07, 6.45) is 0.867. The minimum absolute atomic E-state index is 0.0712. The maximum absolute atomic E-state index is 6.00. The van der Waals surface area contributed by atoms with Crippen molar-refractivity contribution in [3.63, 3.8) is 0 Å². The summed E-state index contributed by atoms with van der Waals surface area (Å²) in [6, 6.07) is 3.94. The second-order valence-corrected chi connectivity index (χ2v) is 3.79. The molecular formula is C10H12ClNO. The minimum Gasteiger partial charge on any atom is -0.493 e.